The summed E-state index contributed by atoms with van der Waals surface area (Å²) in [4.78, 5) is 25.5. The predicted molar refractivity (Wildman–Crippen MR) is 95.9 cm³/mol. The van der Waals surface area contributed by atoms with Crippen LogP contribution in [0.3, 0.4) is 0 Å². The van der Waals surface area contributed by atoms with Gasteiger partial charge in [0, 0.05) is 32.1 Å². The number of nitrogens with zero attached hydrogens (tertiary/aromatic N) is 1. The first kappa shape index (κ1) is 20.7. The second kappa shape index (κ2) is 9.87. The van der Waals surface area contributed by atoms with E-state index in [1.807, 2.05) is 27.7 Å². The zero-order valence-corrected chi connectivity index (χ0v) is 16.0. The summed E-state index contributed by atoms with van der Waals surface area (Å²) in [6.45, 7) is 12.8. The Hall–Kier alpha value is -1.30. The van der Waals surface area contributed by atoms with E-state index in [0.717, 1.165) is 38.9 Å². The highest BCUT2D eigenvalue weighted by atomic mass is 16.6. The fourth-order valence-electron chi connectivity index (χ4n) is 2.60. The highest BCUT2D eigenvalue weighted by Gasteiger charge is 2.26. The van der Waals surface area contributed by atoms with Gasteiger partial charge in [0.05, 0.1) is 0 Å². The fourth-order valence-corrected chi connectivity index (χ4v) is 2.60. The smallest absolute Gasteiger partial charge is 0.410 e. The monoisotopic (exact) mass is 341 g/mol. The zero-order valence-electron chi connectivity index (χ0n) is 16.0. The van der Waals surface area contributed by atoms with Gasteiger partial charge in [0.15, 0.2) is 0 Å². The molecule has 1 atom stereocenters. The van der Waals surface area contributed by atoms with Gasteiger partial charge >= 0.3 is 6.09 Å². The normalized spacial score (nSPS) is 17.5. The van der Waals surface area contributed by atoms with Gasteiger partial charge < -0.3 is 20.3 Å². The minimum atomic E-state index is -0.439. The predicted octanol–water partition coefficient (Wildman–Crippen LogP) is 2.53. The number of amides is 2. The highest BCUT2D eigenvalue weighted by molar-refractivity contribution is 5.76. The third kappa shape index (κ3) is 8.52. The highest BCUT2D eigenvalue weighted by Crippen LogP contribution is 2.19. The van der Waals surface area contributed by atoms with E-state index in [4.69, 9.17) is 4.74 Å². The van der Waals surface area contributed by atoms with Crippen LogP contribution >= 0.6 is 0 Å². The molecule has 1 rings (SSSR count). The third-order valence-electron chi connectivity index (χ3n) is 4.25. The van der Waals surface area contributed by atoms with Crippen LogP contribution in [-0.2, 0) is 9.53 Å². The van der Waals surface area contributed by atoms with Crippen molar-refractivity contribution in [1.82, 2.24) is 15.5 Å². The summed E-state index contributed by atoms with van der Waals surface area (Å²) in [7, 11) is 0. The summed E-state index contributed by atoms with van der Waals surface area (Å²) in [6, 6.07) is 0.245. The van der Waals surface area contributed by atoms with Crippen molar-refractivity contribution >= 4 is 12.0 Å². The molecule has 1 fully saturated rings. The summed E-state index contributed by atoms with van der Waals surface area (Å²) >= 11 is 0. The number of piperidine rings is 1. The average molecular weight is 341 g/mol. The van der Waals surface area contributed by atoms with Gasteiger partial charge in [-0.3, -0.25) is 4.79 Å². The summed E-state index contributed by atoms with van der Waals surface area (Å²) in [6.07, 6.45) is 3.21. The number of likely N-dealkylation sites (tertiary alicyclic amines) is 1. The van der Waals surface area contributed by atoms with E-state index < -0.39 is 5.60 Å². The van der Waals surface area contributed by atoms with E-state index in [9.17, 15) is 9.59 Å². The van der Waals surface area contributed by atoms with Crippen molar-refractivity contribution in [2.24, 2.45) is 5.92 Å². The molecule has 0 spiro atoms. The molecule has 6 heteroatoms. The molecule has 140 valence electrons. The molecule has 0 radical (unpaired) electrons. The SMILES string of the molecule is CCC(C)NC(=O)CCNCC1CCN(C(=O)OC(C)(C)C)CC1. The third-order valence-corrected chi connectivity index (χ3v) is 4.25. The van der Waals surface area contributed by atoms with Gasteiger partial charge in [0.2, 0.25) is 5.91 Å². The van der Waals surface area contributed by atoms with Crippen LogP contribution in [0.1, 0.15) is 60.3 Å². The van der Waals surface area contributed by atoms with Gasteiger partial charge in [-0.05, 0) is 59.4 Å². The summed E-state index contributed by atoms with van der Waals surface area (Å²) in [5, 5.41) is 6.33. The molecule has 0 aromatic heterocycles. The number of rotatable bonds is 7. The van der Waals surface area contributed by atoms with Crippen LogP contribution in [0.4, 0.5) is 4.79 Å². The first-order valence-electron chi connectivity index (χ1n) is 9.19. The molecule has 1 aliphatic rings. The van der Waals surface area contributed by atoms with Crippen LogP contribution in [0, 0.1) is 5.92 Å². The summed E-state index contributed by atoms with van der Waals surface area (Å²) < 4.78 is 5.41. The van der Waals surface area contributed by atoms with Crippen molar-refractivity contribution < 1.29 is 14.3 Å². The first-order valence-corrected chi connectivity index (χ1v) is 9.19. The molecule has 0 aliphatic carbocycles. The van der Waals surface area contributed by atoms with Crippen molar-refractivity contribution in [1.29, 1.82) is 0 Å². The maximum atomic E-state index is 12.0. The van der Waals surface area contributed by atoms with Crippen molar-refractivity contribution in [3.63, 3.8) is 0 Å². The molecule has 2 amide bonds. The number of ether oxygens (including phenoxy) is 1. The van der Waals surface area contributed by atoms with Gasteiger partial charge in [0.1, 0.15) is 5.60 Å². The molecule has 1 heterocycles. The van der Waals surface area contributed by atoms with Crippen LogP contribution in [0.5, 0.6) is 0 Å². The van der Waals surface area contributed by atoms with Gasteiger partial charge in [-0.1, -0.05) is 6.92 Å². The van der Waals surface area contributed by atoms with E-state index in [0.29, 0.717) is 18.9 Å². The van der Waals surface area contributed by atoms with Crippen LogP contribution in [0.25, 0.3) is 0 Å². The standard InChI is InChI=1S/C18H35N3O3/c1-6-14(2)20-16(22)7-10-19-13-15-8-11-21(12-9-15)17(23)24-18(3,4)5/h14-15,19H,6-13H2,1-5H3,(H,20,22). The molecule has 24 heavy (non-hydrogen) atoms. The topological polar surface area (TPSA) is 70.7 Å². The first-order chi connectivity index (χ1) is 11.2. The lowest BCUT2D eigenvalue weighted by atomic mass is 9.97. The zero-order chi connectivity index (χ0) is 18.2. The Balaban J connectivity index is 2.14. The maximum absolute atomic E-state index is 12.0. The molecule has 1 saturated heterocycles. The van der Waals surface area contributed by atoms with Crippen LogP contribution in [-0.4, -0.2) is 54.7 Å². The molecule has 1 unspecified atom stereocenters. The van der Waals surface area contributed by atoms with Crippen LogP contribution in [0.2, 0.25) is 0 Å². The van der Waals surface area contributed by atoms with Crippen LogP contribution < -0.4 is 10.6 Å². The second-order valence-corrected chi connectivity index (χ2v) is 7.74. The van der Waals surface area contributed by atoms with Crippen molar-refractivity contribution in [3.05, 3.63) is 0 Å². The molecule has 0 saturated carbocycles. The van der Waals surface area contributed by atoms with E-state index >= 15 is 0 Å². The van der Waals surface area contributed by atoms with E-state index in [1.165, 1.54) is 0 Å². The number of hydrogen-bond donors (Lipinski definition) is 2. The number of hydrogen-bond acceptors (Lipinski definition) is 4. The van der Waals surface area contributed by atoms with Gasteiger partial charge in [-0.15, -0.1) is 0 Å². The van der Waals surface area contributed by atoms with E-state index in [1.54, 1.807) is 4.90 Å². The number of nitrogens with one attached hydrogen (secondary N) is 2. The van der Waals surface area contributed by atoms with Crippen molar-refractivity contribution in [3.8, 4) is 0 Å². The van der Waals surface area contributed by atoms with Crippen molar-refractivity contribution in [2.45, 2.75) is 71.9 Å². The van der Waals surface area contributed by atoms with Gasteiger partial charge in [-0.2, -0.15) is 0 Å². The second-order valence-electron chi connectivity index (χ2n) is 7.74. The molecular formula is C18H35N3O3. The Bertz CT molecular complexity index is 399. The summed E-state index contributed by atoms with van der Waals surface area (Å²) in [5.74, 6) is 0.665. The van der Waals surface area contributed by atoms with E-state index in [-0.39, 0.29) is 18.0 Å². The Morgan fingerprint density at radius 1 is 1.25 bits per heavy atom. The van der Waals surface area contributed by atoms with E-state index in [2.05, 4.69) is 17.6 Å². The Kier molecular flexibility index (Phi) is 8.53. The lowest BCUT2D eigenvalue weighted by Gasteiger charge is -2.33. The molecule has 6 nitrogen and oxygen atoms in total. The lowest BCUT2D eigenvalue weighted by Crippen LogP contribution is -2.43. The molecule has 0 aromatic rings. The number of carbonyl (C=O) groups is 2. The van der Waals surface area contributed by atoms with Gasteiger partial charge in [0.25, 0.3) is 0 Å². The van der Waals surface area contributed by atoms with Crippen molar-refractivity contribution in [2.75, 3.05) is 26.2 Å². The molecule has 0 aromatic carbocycles. The minimum absolute atomic E-state index is 0.108. The summed E-state index contributed by atoms with van der Waals surface area (Å²) in [5.41, 5.74) is -0.439. The molecular weight excluding hydrogens is 306 g/mol. The quantitative estimate of drug-likeness (QED) is 0.698. The Morgan fingerprint density at radius 3 is 2.42 bits per heavy atom. The minimum Gasteiger partial charge on any atom is -0.444 e. The largest absolute Gasteiger partial charge is 0.444 e. The Labute approximate surface area is 146 Å². The average Bonchev–Trinajstić information content (AvgIpc) is 2.50. The lowest BCUT2D eigenvalue weighted by molar-refractivity contribution is -0.121. The molecule has 1 aliphatic heterocycles. The molecule has 2 N–H and O–H groups in total. The Morgan fingerprint density at radius 2 is 1.88 bits per heavy atom. The number of carbonyl (C=O) groups excluding carboxylic acids is 2. The maximum Gasteiger partial charge on any atom is 0.410 e. The molecule has 0 bridgehead atoms. The van der Waals surface area contributed by atoms with Crippen LogP contribution in [0.15, 0.2) is 0 Å². The fraction of sp³-hybridized carbons (Fsp3) is 0.889. The van der Waals surface area contributed by atoms with Gasteiger partial charge in [-0.25, -0.2) is 4.79 Å².